The van der Waals surface area contributed by atoms with Crippen LogP contribution in [0, 0.1) is 0 Å². The monoisotopic (exact) mass is 455 g/mol. The van der Waals surface area contributed by atoms with E-state index in [1.807, 2.05) is 17.0 Å². The summed E-state index contributed by atoms with van der Waals surface area (Å²) in [5, 5.41) is 3.13. The van der Waals surface area contributed by atoms with Gasteiger partial charge in [-0.3, -0.25) is 4.79 Å². The molecule has 2 heterocycles. The number of methoxy groups -OCH3 is 1. The first kappa shape index (κ1) is 22.0. The van der Waals surface area contributed by atoms with E-state index >= 15 is 0 Å². The Morgan fingerprint density at radius 3 is 2.59 bits per heavy atom. The third kappa shape index (κ3) is 5.05. The average Bonchev–Trinajstić information content (AvgIpc) is 3.34. The van der Waals surface area contributed by atoms with Gasteiger partial charge in [-0.05, 0) is 53.1 Å². The van der Waals surface area contributed by atoms with Crippen molar-refractivity contribution in [2.24, 2.45) is 0 Å². The van der Waals surface area contributed by atoms with Gasteiger partial charge < -0.3 is 24.8 Å². The quantitative estimate of drug-likeness (QED) is 0.424. The number of anilines is 1. The third-order valence-electron chi connectivity index (χ3n) is 6.23. The van der Waals surface area contributed by atoms with E-state index in [0.29, 0.717) is 13.1 Å². The number of rotatable bonds is 8. The third-order valence-corrected chi connectivity index (χ3v) is 6.23. The number of aromatic amines is 1. The summed E-state index contributed by atoms with van der Waals surface area (Å²) in [6, 6.07) is 23.1. The highest BCUT2D eigenvalue weighted by molar-refractivity contribution is 5.79. The Morgan fingerprint density at radius 2 is 1.79 bits per heavy atom. The molecule has 4 aromatic rings. The number of amides is 1. The highest BCUT2D eigenvalue weighted by Crippen LogP contribution is 2.24. The van der Waals surface area contributed by atoms with Crippen LogP contribution in [0.2, 0.25) is 0 Å². The Labute approximate surface area is 199 Å². The lowest BCUT2D eigenvalue weighted by Crippen LogP contribution is -2.47. The molecular weight excluding hydrogens is 426 g/mol. The highest BCUT2D eigenvalue weighted by atomic mass is 16.5. The van der Waals surface area contributed by atoms with E-state index in [0.717, 1.165) is 54.2 Å². The largest absolute Gasteiger partial charge is 0.497 e. The molecule has 1 saturated heterocycles. The fourth-order valence-electron chi connectivity index (χ4n) is 4.38. The molecule has 2 N–H and O–H groups in total. The molecular formula is C27H29N5O2. The minimum Gasteiger partial charge on any atom is -0.497 e. The Bertz CT molecular complexity index is 1270. The fourth-order valence-corrected chi connectivity index (χ4v) is 4.38. The number of benzene rings is 3. The number of imidazole rings is 1. The highest BCUT2D eigenvalue weighted by Gasteiger charge is 2.18. The molecule has 0 radical (unpaired) electrons. The van der Waals surface area contributed by atoms with Crippen molar-refractivity contribution in [1.82, 2.24) is 20.2 Å². The lowest BCUT2D eigenvalue weighted by atomic mass is 10.1. The number of carbonyl (C=O) groups excluding carboxylic acids is 1. The number of ether oxygens (including phenoxy) is 1. The molecule has 1 fully saturated rings. The molecule has 0 spiro atoms. The maximum absolute atomic E-state index is 12.1. The molecule has 0 aliphatic carbocycles. The van der Waals surface area contributed by atoms with E-state index in [4.69, 9.17) is 4.74 Å². The SMILES string of the molecule is COc1cccc(CN(Cc2ccc3nc[nH]c3c2)c2ccc(CN3CCNCC3=O)cc2)c1. The summed E-state index contributed by atoms with van der Waals surface area (Å²) in [6.07, 6.45) is 1.73. The maximum Gasteiger partial charge on any atom is 0.236 e. The molecule has 174 valence electrons. The summed E-state index contributed by atoms with van der Waals surface area (Å²) in [6.45, 7) is 4.16. The lowest BCUT2D eigenvalue weighted by molar-refractivity contribution is -0.132. The standard InChI is InChI=1S/C27H29N5O2/c1-34-24-4-2-3-21(13-24)17-32(18-22-7-10-25-26(14-22)30-19-29-25)23-8-5-20(6-9-23)16-31-12-11-28-15-27(31)33/h2-10,13-14,19,28H,11-12,15-18H2,1H3,(H,29,30). The number of H-pyrrole nitrogens is 1. The smallest absolute Gasteiger partial charge is 0.236 e. The zero-order valence-corrected chi connectivity index (χ0v) is 19.3. The Hall–Kier alpha value is -3.84. The summed E-state index contributed by atoms with van der Waals surface area (Å²) >= 11 is 0. The van der Waals surface area contributed by atoms with Crippen LogP contribution in [-0.2, 0) is 24.4 Å². The summed E-state index contributed by atoms with van der Waals surface area (Å²) in [7, 11) is 1.69. The van der Waals surface area contributed by atoms with Crippen LogP contribution in [0.25, 0.3) is 11.0 Å². The van der Waals surface area contributed by atoms with Gasteiger partial charge in [0.25, 0.3) is 0 Å². The van der Waals surface area contributed by atoms with Gasteiger partial charge in [-0.2, -0.15) is 0 Å². The Balaban J connectivity index is 1.38. The first-order chi connectivity index (χ1) is 16.7. The predicted molar refractivity (Wildman–Crippen MR) is 134 cm³/mol. The van der Waals surface area contributed by atoms with Crippen LogP contribution < -0.4 is 15.0 Å². The van der Waals surface area contributed by atoms with Crippen LogP contribution >= 0.6 is 0 Å². The number of carbonyl (C=O) groups is 1. The van der Waals surface area contributed by atoms with Crippen molar-refractivity contribution in [2.45, 2.75) is 19.6 Å². The average molecular weight is 456 g/mol. The van der Waals surface area contributed by atoms with E-state index in [1.165, 1.54) is 11.1 Å². The Kier molecular flexibility index (Phi) is 6.44. The number of fused-ring (bicyclic) bond motifs is 1. The van der Waals surface area contributed by atoms with Gasteiger partial charge in [-0.25, -0.2) is 4.98 Å². The van der Waals surface area contributed by atoms with Gasteiger partial charge in [0, 0.05) is 38.4 Å². The normalized spacial score (nSPS) is 13.9. The minimum absolute atomic E-state index is 0.157. The lowest BCUT2D eigenvalue weighted by Gasteiger charge is -2.28. The minimum atomic E-state index is 0.157. The van der Waals surface area contributed by atoms with E-state index in [9.17, 15) is 4.79 Å². The molecule has 0 unspecified atom stereocenters. The van der Waals surface area contributed by atoms with Gasteiger partial charge in [-0.15, -0.1) is 0 Å². The zero-order chi connectivity index (χ0) is 23.3. The second-order valence-corrected chi connectivity index (χ2v) is 8.62. The van der Waals surface area contributed by atoms with E-state index < -0.39 is 0 Å². The molecule has 7 nitrogen and oxygen atoms in total. The topological polar surface area (TPSA) is 73.5 Å². The molecule has 5 rings (SSSR count). The van der Waals surface area contributed by atoms with Crippen LogP contribution in [-0.4, -0.2) is 47.5 Å². The zero-order valence-electron chi connectivity index (χ0n) is 19.3. The van der Waals surface area contributed by atoms with Gasteiger partial charge in [0.05, 0.1) is 31.0 Å². The van der Waals surface area contributed by atoms with Crippen molar-refractivity contribution in [3.8, 4) is 5.75 Å². The maximum atomic E-state index is 12.1. The summed E-state index contributed by atoms with van der Waals surface area (Å²) < 4.78 is 5.43. The molecule has 1 aromatic heterocycles. The summed E-state index contributed by atoms with van der Waals surface area (Å²) in [5.41, 5.74) is 6.65. The number of hydrogen-bond donors (Lipinski definition) is 2. The number of hydrogen-bond acceptors (Lipinski definition) is 5. The second-order valence-electron chi connectivity index (χ2n) is 8.62. The van der Waals surface area contributed by atoms with Gasteiger partial charge in [-0.1, -0.05) is 30.3 Å². The molecule has 1 aliphatic rings. The van der Waals surface area contributed by atoms with Crippen LogP contribution in [0.3, 0.4) is 0 Å². The summed E-state index contributed by atoms with van der Waals surface area (Å²) in [4.78, 5) is 23.9. The van der Waals surface area contributed by atoms with E-state index in [1.54, 1.807) is 13.4 Å². The Morgan fingerprint density at radius 1 is 1.00 bits per heavy atom. The number of aromatic nitrogens is 2. The molecule has 0 atom stereocenters. The van der Waals surface area contributed by atoms with Crippen molar-refractivity contribution in [1.29, 1.82) is 0 Å². The molecule has 34 heavy (non-hydrogen) atoms. The molecule has 3 aromatic carbocycles. The van der Waals surface area contributed by atoms with Crippen molar-refractivity contribution in [2.75, 3.05) is 31.6 Å². The van der Waals surface area contributed by atoms with Crippen molar-refractivity contribution < 1.29 is 9.53 Å². The predicted octanol–water partition coefficient (Wildman–Crippen LogP) is 3.71. The second kappa shape index (κ2) is 9.97. The van der Waals surface area contributed by atoms with Crippen molar-refractivity contribution in [3.05, 3.63) is 89.7 Å². The molecule has 7 heteroatoms. The first-order valence-corrected chi connectivity index (χ1v) is 11.6. The fraction of sp³-hybridized carbons (Fsp3) is 0.259. The molecule has 0 saturated carbocycles. The van der Waals surface area contributed by atoms with E-state index in [2.05, 4.69) is 74.8 Å². The number of piperazine rings is 1. The number of nitrogens with one attached hydrogen (secondary N) is 2. The number of nitrogens with zero attached hydrogens (tertiary/aromatic N) is 3. The van der Waals surface area contributed by atoms with Crippen LogP contribution in [0.5, 0.6) is 5.75 Å². The molecule has 1 amide bonds. The van der Waals surface area contributed by atoms with Gasteiger partial charge in [0.2, 0.25) is 5.91 Å². The molecule has 0 bridgehead atoms. The van der Waals surface area contributed by atoms with Gasteiger partial charge in [0.15, 0.2) is 0 Å². The van der Waals surface area contributed by atoms with E-state index in [-0.39, 0.29) is 5.91 Å². The van der Waals surface area contributed by atoms with Gasteiger partial charge >= 0.3 is 0 Å². The first-order valence-electron chi connectivity index (χ1n) is 11.6. The van der Waals surface area contributed by atoms with Crippen LogP contribution in [0.15, 0.2) is 73.1 Å². The van der Waals surface area contributed by atoms with Crippen LogP contribution in [0.4, 0.5) is 5.69 Å². The van der Waals surface area contributed by atoms with Crippen molar-refractivity contribution in [3.63, 3.8) is 0 Å². The van der Waals surface area contributed by atoms with Crippen molar-refractivity contribution >= 4 is 22.6 Å². The van der Waals surface area contributed by atoms with Gasteiger partial charge in [0.1, 0.15) is 5.75 Å². The van der Waals surface area contributed by atoms with Crippen LogP contribution in [0.1, 0.15) is 16.7 Å². The molecule has 1 aliphatic heterocycles. The summed E-state index contributed by atoms with van der Waals surface area (Å²) in [5.74, 6) is 1.01.